The van der Waals surface area contributed by atoms with E-state index in [4.69, 9.17) is 10.5 Å². The highest BCUT2D eigenvalue weighted by molar-refractivity contribution is 7.14. The minimum absolute atomic E-state index is 0.0614. The fourth-order valence-corrected chi connectivity index (χ4v) is 4.74. The van der Waals surface area contributed by atoms with E-state index in [0.717, 1.165) is 24.1 Å². The van der Waals surface area contributed by atoms with Gasteiger partial charge in [0, 0.05) is 10.6 Å². The molecule has 0 saturated heterocycles. The number of para-hydroxylation sites is 1. The van der Waals surface area contributed by atoms with Gasteiger partial charge >= 0.3 is 5.97 Å². The predicted octanol–water partition coefficient (Wildman–Crippen LogP) is 4.44. The van der Waals surface area contributed by atoms with Crippen LogP contribution in [0.5, 0.6) is 0 Å². The van der Waals surface area contributed by atoms with Crippen LogP contribution in [0.3, 0.4) is 0 Å². The van der Waals surface area contributed by atoms with Gasteiger partial charge in [0.2, 0.25) is 11.9 Å². The van der Waals surface area contributed by atoms with Gasteiger partial charge in [-0.25, -0.2) is 4.79 Å². The summed E-state index contributed by atoms with van der Waals surface area (Å²) in [4.78, 5) is 27.1. The number of aromatic nitrogens is 3. The lowest BCUT2D eigenvalue weighted by atomic mass is 9.87. The number of fused-ring (bicyclic) bond motifs is 1. The number of carbonyl (C=O) groups is 1. The van der Waals surface area contributed by atoms with Gasteiger partial charge in [-0.15, -0.1) is 11.3 Å². The number of benzene rings is 1. The van der Waals surface area contributed by atoms with Crippen LogP contribution < -0.4 is 11.1 Å². The number of aryl methyl sites for hydroxylation is 2. The molecule has 0 radical (unpaired) electrons. The first-order chi connectivity index (χ1) is 14.5. The van der Waals surface area contributed by atoms with Crippen LogP contribution in [0.4, 0.5) is 17.6 Å². The Hall–Kier alpha value is -3.00. The first-order valence-electron chi connectivity index (χ1n) is 10.1. The second-order valence-electron chi connectivity index (χ2n) is 7.53. The molecule has 7 nitrogen and oxygen atoms in total. The lowest BCUT2D eigenvalue weighted by Crippen LogP contribution is -2.11. The minimum Gasteiger partial charge on any atom is -0.453 e. The highest BCUT2D eigenvalue weighted by atomic mass is 32.1. The summed E-state index contributed by atoms with van der Waals surface area (Å²) in [6.07, 6.45) is 4.46. The van der Waals surface area contributed by atoms with Crippen molar-refractivity contribution in [2.45, 2.75) is 46.1 Å². The number of carbonyl (C=O) groups excluding carboxylic acids is 1. The quantitative estimate of drug-likeness (QED) is 0.565. The number of hydrogen-bond acceptors (Lipinski definition) is 8. The molecule has 2 aromatic heterocycles. The summed E-state index contributed by atoms with van der Waals surface area (Å²) in [6.45, 7) is 4.15. The minimum atomic E-state index is -0.352. The molecule has 1 aliphatic rings. The normalized spacial score (nSPS) is 15.5. The molecule has 30 heavy (non-hydrogen) atoms. The Balaban J connectivity index is 1.42. The molecular formula is C22H25N5O2S. The maximum absolute atomic E-state index is 12.6. The Morgan fingerprint density at radius 2 is 2.13 bits per heavy atom. The van der Waals surface area contributed by atoms with Gasteiger partial charge in [-0.05, 0) is 55.4 Å². The summed E-state index contributed by atoms with van der Waals surface area (Å²) in [5.41, 5.74) is 9.04. The maximum Gasteiger partial charge on any atom is 0.348 e. The van der Waals surface area contributed by atoms with Crippen LogP contribution in [-0.2, 0) is 24.2 Å². The fraction of sp³-hybridized carbons (Fsp3) is 0.364. The van der Waals surface area contributed by atoms with Crippen LogP contribution in [-0.4, -0.2) is 20.9 Å². The highest BCUT2D eigenvalue weighted by Crippen LogP contribution is 2.33. The average molecular weight is 424 g/mol. The van der Waals surface area contributed by atoms with Crippen molar-refractivity contribution in [2.75, 3.05) is 11.1 Å². The second-order valence-corrected chi connectivity index (χ2v) is 8.66. The van der Waals surface area contributed by atoms with Gasteiger partial charge in [-0.2, -0.15) is 15.0 Å². The maximum atomic E-state index is 12.6. The van der Waals surface area contributed by atoms with Crippen LogP contribution in [0.1, 0.15) is 51.3 Å². The number of nitrogen functional groups attached to an aromatic ring is 1. The number of nitrogens with two attached hydrogens (primary N) is 1. The van der Waals surface area contributed by atoms with Gasteiger partial charge in [-0.3, -0.25) is 0 Å². The molecule has 1 atom stereocenters. The SMILES string of the molecule is CC[C@H]1CCc2sc(C(=O)OCc3nc(N)nc(Nc4ccccc4C)n3)cc2C1. The first-order valence-corrected chi connectivity index (χ1v) is 10.9. The van der Waals surface area contributed by atoms with Crippen LogP contribution >= 0.6 is 11.3 Å². The van der Waals surface area contributed by atoms with E-state index in [1.807, 2.05) is 37.3 Å². The Bertz CT molecular complexity index is 1070. The van der Waals surface area contributed by atoms with E-state index in [-0.39, 0.29) is 18.5 Å². The summed E-state index contributed by atoms with van der Waals surface area (Å²) in [5.74, 6) is 1.06. The third kappa shape index (κ3) is 4.59. The molecule has 0 fully saturated rings. The number of rotatable bonds is 6. The first kappa shape index (κ1) is 20.3. The smallest absolute Gasteiger partial charge is 0.348 e. The second kappa shape index (κ2) is 8.79. The van der Waals surface area contributed by atoms with Crippen molar-refractivity contribution in [1.29, 1.82) is 0 Å². The predicted molar refractivity (Wildman–Crippen MR) is 118 cm³/mol. The molecule has 3 aromatic rings. The van der Waals surface area contributed by atoms with Crippen LogP contribution in [0.2, 0.25) is 0 Å². The van der Waals surface area contributed by atoms with E-state index in [1.54, 1.807) is 0 Å². The summed E-state index contributed by atoms with van der Waals surface area (Å²) >= 11 is 1.54. The van der Waals surface area contributed by atoms with Crippen molar-refractivity contribution in [1.82, 2.24) is 15.0 Å². The molecule has 0 amide bonds. The van der Waals surface area contributed by atoms with E-state index in [2.05, 4.69) is 27.2 Å². The molecule has 0 aliphatic heterocycles. The summed E-state index contributed by atoms with van der Waals surface area (Å²) in [5, 5.41) is 3.13. The van der Waals surface area contributed by atoms with Crippen molar-refractivity contribution >= 4 is 34.9 Å². The number of nitrogens with zero attached hydrogens (tertiary/aromatic N) is 3. The molecule has 0 spiro atoms. The van der Waals surface area contributed by atoms with Crippen molar-refractivity contribution in [2.24, 2.45) is 5.92 Å². The van der Waals surface area contributed by atoms with E-state index < -0.39 is 0 Å². The van der Waals surface area contributed by atoms with Gasteiger partial charge in [0.1, 0.15) is 4.88 Å². The van der Waals surface area contributed by atoms with Crippen molar-refractivity contribution in [3.8, 4) is 0 Å². The lowest BCUT2D eigenvalue weighted by molar-refractivity contribution is 0.0468. The molecule has 156 valence electrons. The topological polar surface area (TPSA) is 103 Å². The molecule has 8 heteroatoms. The van der Waals surface area contributed by atoms with Crippen LogP contribution in [0, 0.1) is 12.8 Å². The number of hydrogen-bond donors (Lipinski definition) is 2. The van der Waals surface area contributed by atoms with Crippen molar-refractivity contribution in [3.05, 3.63) is 57.0 Å². The third-order valence-corrected chi connectivity index (χ3v) is 6.60. The van der Waals surface area contributed by atoms with Gasteiger partial charge in [0.15, 0.2) is 12.4 Å². The molecule has 4 rings (SSSR count). The Kier molecular flexibility index (Phi) is 5.94. The van der Waals surface area contributed by atoms with E-state index in [9.17, 15) is 4.79 Å². The Labute approximate surface area is 179 Å². The van der Waals surface area contributed by atoms with Gasteiger partial charge < -0.3 is 15.8 Å². The summed E-state index contributed by atoms with van der Waals surface area (Å²) in [6, 6.07) is 9.77. The van der Waals surface area contributed by atoms with Gasteiger partial charge in [-0.1, -0.05) is 31.5 Å². The number of nitrogens with one attached hydrogen (secondary N) is 1. The lowest BCUT2D eigenvalue weighted by Gasteiger charge is -2.19. The highest BCUT2D eigenvalue weighted by Gasteiger charge is 2.23. The molecular weight excluding hydrogens is 398 g/mol. The van der Waals surface area contributed by atoms with Crippen molar-refractivity contribution < 1.29 is 9.53 Å². The third-order valence-electron chi connectivity index (χ3n) is 5.39. The molecule has 0 bridgehead atoms. The zero-order chi connectivity index (χ0) is 21.1. The monoisotopic (exact) mass is 423 g/mol. The number of esters is 1. The van der Waals surface area contributed by atoms with Gasteiger partial charge in [0.05, 0.1) is 0 Å². The molecule has 3 N–H and O–H groups in total. The molecule has 0 saturated carbocycles. The van der Waals surface area contributed by atoms with E-state index in [1.165, 1.54) is 34.6 Å². The van der Waals surface area contributed by atoms with E-state index in [0.29, 0.717) is 22.6 Å². The van der Waals surface area contributed by atoms with Gasteiger partial charge in [0.25, 0.3) is 0 Å². The van der Waals surface area contributed by atoms with Crippen LogP contribution in [0.15, 0.2) is 30.3 Å². The zero-order valence-corrected chi connectivity index (χ0v) is 18.0. The molecule has 1 aromatic carbocycles. The fourth-order valence-electron chi connectivity index (χ4n) is 3.64. The Morgan fingerprint density at radius 1 is 1.30 bits per heavy atom. The van der Waals surface area contributed by atoms with Crippen molar-refractivity contribution in [3.63, 3.8) is 0 Å². The number of thiophene rings is 1. The zero-order valence-electron chi connectivity index (χ0n) is 17.1. The largest absolute Gasteiger partial charge is 0.453 e. The number of ether oxygens (including phenoxy) is 1. The summed E-state index contributed by atoms with van der Waals surface area (Å²) in [7, 11) is 0. The van der Waals surface area contributed by atoms with Crippen LogP contribution in [0.25, 0.3) is 0 Å². The average Bonchev–Trinajstić information content (AvgIpc) is 3.16. The summed E-state index contributed by atoms with van der Waals surface area (Å²) < 4.78 is 5.46. The van der Waals surface area contributed by atoms with E-state index >= 15 is 0 Å². The number of anilines is 3. The Morgan fingerprint density at radius 3 is 2.93 bits per heavy atom. The molecule has 0 unspecified atom stereocenters. The molecule has 2 heterocycles. The standard InChI is InChI=1S/C22H25N5O2S/c1-3-14-8-9-17-15(10-14)11-18(30-17)20(28)29-12-19-25-21(23)27-22(26-19)24-16-7-5-4-6-13(16)2/h4-7,11,14H,3,8-10,12H2,1-2H3,(H3,23,24,25,26,27)/t14-/m0/s1. The molecule has 1 aliphatic carbocycles.